The molecule has 0 N–H and O–H groups in total. The second-order valence-electron chi connectivity index (χ2n) is 6.33. The van der Waals surface area contributed by atoms with E-state index in [-0.39, 0.29) is 17.5 Å². The fourth-order valence-corrected chi connectivity index (χ4v) is 3.15. The lowest BCUT2D eigenvalue weighted by molar-refractivity contribution is -0.137. The maximum Gasteiger partial charge on any atom is 0.416 e. The number of nitrogens with zero attached hydrogens (tertiary/aromatic N) is 3. The van der Waals surface area contributed by atoms with E-state index in [4.69, 9.17) is 37.0 Å². The van der Waals surface area contributed by atoms with Crippen molar-refractivity contribution in [3.05, 3.63) is 60.2 Å². The Morgan fingerprint density at radius 1 is 1.00 bits per heavy atom. The van der Waals surface area contributed by atoms with Gasteiger partial charge in [0.15, 0.2) is 4.84 Å². The highest BCUT2D eigenvalue weighted by atomic mass is 35.5. The number of rotatable bonds is 5. The summed E-state index contributed by atoms with van der Waals surface area (Å²) in [6.45, 7) is 0. The summed E-state index contributed by atoms with van der Waals surface area (Å²) >= 11 is 11.5. The van der Waals surface area contributed by atoms with Crippen molar-refractivity contribution in [1.82, 2.24) is 15.3 Å². The summed E-state index contributed by atoms with van der Waals surface area (Å²) in [6.07, 6.45) is -3.16. The Bertz CT molecular complexity index is 1220. The first-order valence-corrected chi connectivity index (χ1v) is 9.57. The average molecular weight is 470 g/mol. The van der Waals surface area contributed by atoms with Crippen molar-refractivity contribution >= 4 is 23.2 Å². The largest absolute Gasteiger partial charge is 0.496 e. The number of benzene rings is 2. The van der Waals surface area contributed by atoms with Gasteiger partial charge < -0.3 is 13.8 Å². The molecule has 160 valence electrons. The summed E-state index contributed by atoms with van der Waals surface area (Å²) in [4.78, 5) is 3.17. The van der Waals surface area contributed by atoms with Crippen LogP contribution in [0.15, 0.2) is 57.8 Å². The van der Waals surface area contributed by atoms with Crippen LogP contribution in [0.4, 0.5) is 13.2 Å². The van der Waals surface area contributed by atoms with Crippen molar-refractivity contribution in [3.63, 3.8) is 0 Å². The number of methoxy groups -OCH3 is 1. The number of hydrogen-bond donors (Lipinski definition) is 0. The van der Waals surface area contributed by atoms with Crippen LogP contribution in [0.2, 0.25) is 0 Å². The Balaban J connectivity index is 1.76. The molecule has 31 heavy (non-hydrogen) atoms. The predicted molar refractivity (Wildman–Crippen MR) is 107 cm³/mol. The van der Waals surface area contributed by atoms with E-state index >= 15 is 0 Å². The molecule has 4 aromatic rings. The molecule has 0 aliphatic heterocycles. The first kappa shape index (κ1) is 21.2. The first-order valence-electron chi connectivity index (χ1n) is 8.70. The zero-order chi connectivity index (χ0) is 22.2. The van der Waals surface area contributed by atoms with Crippen LogP contribution >= 0.6 is 23.2 Å². The highest BCUT2D eigenvalue weighted by molar-refractivity contribution is 6.43. The monoisotopic (exact) mass is 469 g/mol. The topological polar surface area (TPSA) is 74.2 Å². The van der Waals surface area contributed by atoms with Gasteiger partial charge in [-0.3, -0.25) is 0 Å². The van der Waals surface area contributed by atoms with E-state index in [1.54, 1.807) is 24.3 Å². The van der Waals surface area contributed by atoms with Crippen LogP contribution in [-0.2, 0) is 6.18 Å². The van der Waals surface area contributed by atoms with E-state index in [9.17, 15) is 13.2 Å². The number of aromatic nitrogens is 3. The maximum atomic E-state index is 13.1. The minimum atomic E-state index is -4.49. The van der Waals surface area contributed by atoms with E-state index in [2.05, 4.69) is 15.3 Å². The van der Waals surface area contributed by atoms with Crippen LogP contribution in [0.25, 0.3) is 33.8 Å². The Morgan fingerprint density at radius 3 is 2.45 bits per heavy atom. The summed E-state index contributed by atoms with van der Waals surface area (Å²) in [5.41, 5.74) is 1.64. The van der Waals surface area contributed by atoms with Crippen LogP contribution in [0.1, 0.15) is 16.3 Å². The van der Waals surface area contributed by atoms with Gasteiger partial charge in [0, 0.05) is 16.7 Å². The molecular weight excluding hydrogens is 458 g/mol. The van der Waals surface area contributed by atoms with E-state index < -0.39 is 16.6 Å². The van der Waals surface area contributed by atoms with Crippen LogP contribution in [-0.4, -0.2) is 22.4 Å². The van der Waals surface area contributed by atoms with Gasteiger partial charge in [-0.2, -0.15) is 18.2 Å². The van der Waals surface area contributed by atoms with Crippen LogP contribution in [0.3, 0.4) is 0 Å². The van der Waals surface area contributed by atoms with Crippen molar-refractivity contribution in [3.8, 4) is 39.5 Å². The summed E-state index contributed by atoms with van der Waals surface area (Å²) < 4.78 is 54.5. The number of halogens is 5. The molecule has 0 saturated heterocycles. The second-order valence-corrected chi connectivity index (χ2v) is 7.42. The molecule has 0 atom stereocenters. The van der Waals surface area contributed by atoms with Gasteiger partial charge in [0.2, 0.25) is 5.82 Å². The van der Waals surface area contributed by atoms with Gasteiger partial charge in [0.05, 0.1) is 18.2 Å². The predicted octanol–water partition coefficient (Wildman–Crippen LogP) is 6.56. The van der Waals surface area contributed by atoms with E-state index in [0.29, 0.717) is 27.9 Å². The maximum absolute atomic E-state index is 13.1. The highest BCUT2D eigenvalue weighted by Crippen LogP contribution is 2.40. The van der Waals surface area contributed by atoms with Crippen LogP contribution in [0, 0.1) is 0 Å². The average Bonchev–Trinajstić information content (AvgIpc) is 3.43. The second kappa shape index (κ2) is 8.24. The van der Waals surface area contributed by atoms with Gasteiger partial charge in [-0.25, -0.2) is 0 Å². The molecule has 0 aliphatic rings. The molecule has 0 aliphatic carbocycles. The zero-order valence-corrected chi connectivity index (χ0v) is 17.2. The molecule has 0 unspecified atom stereocenters. The molecular formula is C20H12Cl2F3N3O3. The first-order chi connectivity index (χ1) is 14.8. The number of alkyl halides is 5. The molecule has 11 heteroatoms. The Hall–Kier alpha value is -3.04. The normalized spacial score (nSPS) is 11.8. The molecule has 4 rings (SSSR count). The molecule has 0 fully saturated rings. The Kier molecular flexibility index (Phi) is 5.63. The smallest absolute Gasteiger partial charge is 0.416 e. The lowest BCUT2D eigenvalue weighted by Gasteiger charge is -2.12. The molecule has 2 heterocycles. The van der Waals surface area contributed by atoms with Crippen LogP contribution in [0.5, 0.6) is 5.75 Å². The molecule has 0 amide bonds. The standard InChI is InChI=1S/C20H12Cl2F3N3O3/c1-29-15-8-12(20(23,24)25)5-6-13(15)14-9-30-27-16(14)10-3-2-4-11(7-10)18-26-19(17(21)22)31-28-18/h2-9,17H,1H3. The van der Waals surface area contributed by atoms with Crippen molar-refractivity contribution in [1.29, 1.82) is 0 Å². The number of ether oxygens (including phenoxy) is 1. The summed E-state index contributed by atoms with van der Waals surface area (Å²) in [7, 11) is 1.29. The molecule has 2 aromatic carbocycles. The lowest BCUT2D eigenvalue weighted by atomic mass is 9.98. The van der Waals surface area contributed by atoms with E-state index in [1.165, 1.54) is 19.4 Å². The number of hydrogen-bond acceptors (Lipinski definition) is 6. The van der Waals surface area contributed by atoms with Gasteiger partial charge in [-0.15, -0.1) is 0 Å². The van der Waals surface area contributed by atoms with Crippen molar-refractivity contribution < 1.29 is 27.0 Å². The fraction of sp³-hybridized carbons (Fsp3) is 0.150. The quantitative estimate of drug-likeness (QED) is 0.308. The lowest BCUT2D eigenvalue weighted by Crippen LogP contribution is -2.05. The van der Waals surface area contributed by atoms with Gasteiger partial charge in [0.25, 0.3) is 5.89 Å². The van der Waals surface area contributed by atoms with E-state index in [0.717, 1.165) is 12.1 Å². The zero-order valence-electron chi connectivity index (χ0n) is 15.7. The molecule has 6 nitrogen and oxygen atoms in total. The van der Waals surface area contributed by atoms with Gasteiger partial charge in [-0.05, 0) is 24.3 Å². The highest BCUT2D eigenvalue weighted by Gasteiger charge is 2.32. The molecule has 0 bridgehead atoms. The molecule has 2 aromatic heterocycles. The van der Waals surface area contributed by atoms with Gasteiger partial charge >= 0.3 is 6.18 Å². The van der Waals surface area contributed by atoms with Gasteiger partial charge in [-0.1, -0.05) is 51.7 Å². The minimum absolute atomic E-state index is 0.0357. The fourth-order valence-electron chi connectivity index (χ4n) is 2.97. The summed E-state index contributed by atoms with van der Waals surface area (Å²) in [5.74, 6) is 0.356. The molecule has 0 spiro atoms. The van der Waals surface area contributed by atoms with Crippen molar-refractivity contribution in [2.24, 2.45) is 0 Å². The van der Waals surface area contributed by atoms with Crippen molar-refractivity contribution in [2.75, 3.05) is 7.11 Å². The SMILES string of the molecule is COc1cc(C(F)(F)F)ccc1-c1conc1-c1cccc(-c2noc(C(Cl)Cl)n2)c1. The Morgan fingerprint density at radius 2 is 1.77 bits per heavy atom. The Labute approximate surface area is 183 Å². The van der Waals surface area contributed by atoms with Gasteiger partial charge in [0.1, 0.15) is 17.7 Å². The van der Waals surface area contributed by atoms with Crippen LogP contribution < -0.4 is 4.74 Å². The molecule has 0 radical (unpaired) electrons. The van der Waals surface area contributed by atoms with Crippen molar-refractivity contribution in [2.45, 2.75) is 11.0 Å². The van der Waals surface area contributed by atoms with E-state index in [1.807, 2.05) is 0 Å². The third-order valence-corrected chi connectivity index (χ3v) is 4.78. The third-order valence-electron chi connectivity index (χ3n) is 4.41. The minimum Gasteiger partial charge on any atom is -0.496 e. The third kappa shape index (κ3) is 4.24. The molecule has 0 saturated carbocycles. The summed E-state index contributed by atoms with van der Waals surface area (Å²) in [5, 5.41) is 7.86. The summed E-state index contributed by atoms with van der Waals surface area (Å²) in [6, 6.07) is 10.2.